The number of hydrogen-bond donors (Lipinski definition) is 2. The monoisotopic (exact) mass is 356 g/mol. The Morgan fingerprint density at radius 2 is 1.65 bits per heavy atom. The largest absolute Gasteiger partial charge is 0.356 e. The third-order valence-electron chi connectivity index (χ3n) is 3.68. The lowest BCUT2D eigenvalue weighted by atomic mass is 10.0. The van der Waals surface area contributed by atoms with Crippen molar-refractivity contribution in [3.63, 3.8) is 0 Å². The maximum Gasteiger partial charge on any atom is 0.224 e. The highest BCUT2D eigenvalue weighted by Crippen LogP contribution is 2.19. The molecule has 5 nitrogen and oxygen atoms in total. The Kier molecular flexibility index (Phi) is 7.02. The number of carbonyl (C=O) groups excluding carboxylic acids is 3. The zero-order valence-corrected chi connectivity index (χ0v) is 14.5. The molecule has 0 spiro atoms. The molecule has 2 rings (SSSR count). The van der Waals surface area contributed by atoms with Crippen LogP contribution >= 0.6 is 0 Å². The van der Waals surface area contributed by atoms with Crippen molar-refractivity contribution in [2.24, 2.45) is 0 Å². The fraction of sp³-hybridized carbons (Fsp3) is 0.250. The Hall–Kier alpha value is -3.02. The zero-order chi connectivity index (χ0) is 18.9. The lowest BCUT2D eigenvalue weighted by Crippen LogP contribution is -2.25. The number of halogens is 1. The zero-order valence-electron chi connectivity index (χ0n) is 14.5. The number of rotatable bonds is 8. The molecule has 0 radical (unpaired) electrons. The summed E-state index contributed by atoms with van der Waals surface area (Å²) in [5.74, 6) is -1.68. The van der Waals surface area contributed by atoms with E-state index in [1.54, 1.807) is 30.3 Å². The fourth-order valence-corrected chi connectivity index (χ4v) is 2.33. The molecule has 26 heavy (non-hydrogen) atoms. The normalized spacial score (nSPS) is 10.2. The minimum absolute atomic E-state index is 0.00882. The molecule has 2 N–H and O–H groups in total. The molecule has 0 saturated heterocycles. The van der Waals surface area contributed by atoms with Gasteiger partial charge >= 0.3 is 0 Å². The van der Waals surface area contributed by atoms with Crippen molar-refractivity contribution >= 4 is 23.3 Å². The van der Waals surface area contributed by atoms with Crippen LogP contribution in [0.3, 0.4) is 0 Å². The predicted molar refractivity (Wildman–Crippen MR) is 97.4 cm³/mol. The SMILES string of the molecule is CCCNC(=O)CCC(=O)Nc1ccc(F)c(C(=O)c2ccccc2)c1. The molecule has 0 atom stereocenters. The molecular weight excluding hydrogens is 335 g/mol. The van der Waals surface area contributed by atoms with Crippen LogP contribution in [0.2, 0.25) is 0 Å². The van der Waals surface area contributed by atoms with Crippen molar-refractivity contribution in [1.29, 1.82) is 0 Å². The molecule has 136 valence electrons. The summed E-state index contributed by atoms with van der Waals surface area (Å²) in [6.07, 6.45) is 0.906. The second-order valence-electron chi connectivity index (χ2n) is 5.79. The predicted octanol–water partition coefficient (Wildman–Crippen LogP) is 3.30. The summed E-state index contributed by atoms with van der Waals surface area (Å²) < 4.78 is 14.0. The van der Waals surface area contributed by atoms with E-state index in [0.717, 1.165) is 12.5 Å². The molecule has 0 heterocycles. The molecule has 6 heteroatoms. The minimum atomic E-state index is -0.657. The molecule has 2 amide bonds. The van der Waals surface area contributed by atoms with E-state index >= 15 is 0 Å². The van der Waals surface area contributed by atoms with E-state index in [2.05, 4.69) is 10.6 Å². The lowest BCUT2D eigenvalue weighted by Gasteiger charge is -2.09. The topological polar surface area (TPSA) is 75.3 Å². The molecule has 0 aliphatic rings. The Labute approximate surface area is 151 Å². The molecule has 0 aliphatic carbocycles. The number of benzene rings is 2. The van der Waals surface area contributed by atoms with E-state index in [-0.39, 0.29) is 30.2 Å². The van der Waals surface area contributed by atoms with Crippen molar-refractivity contribution in [3.05, 3.63) is 65.5 Å². The third kappa shape index (κ3) is 5.51. The Morgan fingerprint density at radius 1 is 0.962 bits per heavy atom. The van der Waals surface area contributed by atoms with Gasteiger partial charge in [-0.05, 0) is 24.6 Å². The molecular formula is C20H21FN2O3. The molecule has 0 bridgehead atoms. The Bertz CT molecular complexity index is 791. The number of amides is 2. The van der Waals surface area contributed by atoms with Gasteiger partial charge in [-0.2, -0.15) is 0 Å². The van der Waals surface area contributed by atoms with Crippen LogP contribution in [0.25, 0.3) is 0 Å². The van der Waals surface area contributed by atoms with Crippen LogP contribution in [0.1, 0.15) is 42.1 Å². The van der Waals surface area contributed by atoms with E-state index in [4.69, 9.17) is 0 Å². The van der Waals surface area contributed by atoms with Crippen LogP contribution in [0, 0.1) is 5.82 Å². The van der Waals surface area contributed by atoms with E-state index in [0.29, 0.717) is 17.8 Å². The van der Waals surface area contributed by atoms with Gasteiger partial charge < -0.3 is 10.6 Å². The number of nitrogens with one attached hydrogen (secondary N) is 2. The molecule has 0 fully saturated rings. The van der Waals surface area contributed by atoms with Gasteiger partial charge in [0, 0.05) is 30.6 Å². The molecule has 0 aliphatic heterocycles. The summed E-state index contributed by atoms with van der Waals surface area (Å²) in [7, 11) is 0. The summed E-state index contributed by atoms with van der Waals surface area (Å²) in [6.45, 7) is 2.51. The average molecular weight is 356 g/mol. The summed E-state index contributed by atoms with van der Waals surface area (Å²) in [4.78, 5) is 35.9. The highest BCUT2D eigenvalue weighted by molar-refractivity contribution is 6.10. The maximum atomic E-state index is 14.0. The van der Waals surface area contributed by atoms with E-state index < -0.39 is 11.6 Å². The van der Waals surface area contributed by atoms with Gasteiger partial charge in [-0.25, -0.2) is 4.39 Å². The van der Waals surface area contributed by atoms with Crippen molar-refractivity contribution < 1.29 is 18.8 Å². The van der Waals surface area contributed by atoms with Gasteiger partial charge in [0.05, 0.1) is 5.56 Å². The third-order valence-corrected chi connectivity index (χ3v) is 3.68. The van der Waals surface area contributed by atoms with Gasteiger partial charge in [0.2, 0.25) is 11.8 Å². The van der Waals surface area contributed by atoms with Crippen LogP contribution in [0.5, 0.6) is 0 Å². The number of carbonyl (C=O) groups is 3. The van der Waals surface area contributed by atoms with Crippen molar-refractivity contribution in [2.75, 3.05) is 11.9 Å². The summed E-state index contributed by atoms with van der Waals surface area (Å²) in [5.41, 5.74) is 0.557. The number of anilines is 1. The minimum Gasteiger partial charge on any atom is -0.356 e. The van der Waals surface area contributed by atoms with E-state index in [9.17, 15) is 18.8 Å². The van der Waals surface area contributed by atoms with E-state index in [1.165, 1.54) is 12.1 Å². The quantitative estimate of drug-likeness (QED) is 0.713. The summed E-state index contributed by atoms with van der Waals surface area (Å²) in [5, 5.41) is 5.28. The molecule has 0 unspecified atom stereocenters. The van der Waals surface area contributed by atoms with Crippen LogP contribution in [-0.2, 0) is 9.59 Å². The highest BCUT2D eigenvalue weighted by atomic mass is 19.1. The Morgan fingerprint density at radius 3 is 2.35 bits per heavy atom. The van der Waals surface area contributed by atoms with Crippen LogP contribution < -0.4 is 10.6 Å². The van der Waals surface area contributed by atoms with Crippen molar-refractivity contribution in [3.8, 4) is 0 Å². The van der Waals surface area contributed by atoms with Gasteiger partial charge in [0.15, 0.2) is 5.78 Å². The van der Waals surface area contributed by atoms with Gasteiger partial charge in [-0.1, -0.05) is 37.3 Å². The second-order valence-corrected chi connectivity index (χ2v) is 5.79. The van der Waals surface area contributed by atoms with Gasteiger partial charge in [-0.15, -0.1) is 0 Å². The molecule has 0 aromatic heterocycles. The lowest BCUT2D eigenvalue weighted by molar-refractivity contribution is -0.124. The summed E-state index contributed by atoms with van der Waals surface area (Å²) in [6, 6.07) is 12.2. The van der Waals surface area contributed by atoms with Gasteiger partial charge in [0.1, 0.15) is 5.82 Å². The van der Waals surface area contributed by atoms with Crippen LogP contribution in [0.4, 0.5) is 10.1 Å². The number of ketones is 1. The van der Waals surface area contributed by atoms with Gasteiger partial charge in [-0.3, -0.25) is 14.4 Å². The molecule has 0 saturated carbocycles. The van der Waals surface area contributed by atoms with Gasteiger partial charge in [0.25, 0.3) is 0 Å². The molecule has 2 aromatic rings. The fourth-order valence-electron chi connectivity index (χ4n) is 2.33. The highest BCUT2D eigenvalue weighted by Gasteiger charge is 2.15. The summed E-state index contributed by atoms with van der Waals surface area (Å²) >= 11 is 0. The maximum absolute atomic E-state index is 14.0. The van der Waals surface area contributed by atoms with Crippen LogP contribution in [0.15, 0.2) is 48.5 Å². The number of hydrogen-bond acceptors (Lipinski definition) is 3. The van der Waals surface area contributed by atoms with Crippen molar-refractivity contribution in [2.45, 2.75) is 26.2 Å². The first-order valence-corrected chi connectivity index (χ1v) is 8.47. The first kappa shape index (κ1) is 19.3. The first-order chi connectivity index (χ1) is 12.5. The standard InChI is InChI=1S/C20H21FN2O3/c1-2-12-22-18(24)10-11-19(25)23-15-8-9-17(21)16(13-15)20(26)14-6-4-3-5-7-14/h3-9,13H,2,10-12H2,1H3,(H,22,24)(H,23,25). The Balaban J connectivity index is 2.01. The molecule has 2 aromatic carbocycles. The van der Waals surface area contributed by atoms with Crippen LogP contribution in [-0.4, -0.2) is 24.1 Å². The average Bonchev–Trinajstić information content (AvgIpc) is 2.66. The smallest absolute Gasteiger partial charge is 0.224 e. The second kappa shape index (κ2) is 9.46. The van der Waals surface area contributed by atoms with Crippen molar-refractivity contribution in [1.82, 2.24) is 5.32 Å². The van der Waals surface area contributed by atoms with E-state index in [1.807, 2.05) is 6.92 Å². The first-order valence-electron chi connectivity index (χ1n) is 8.47.